The molecule has 15 heavy (non-hydrogen) atoms. The number of hydrogen-bond donors (Lipinski definition) is 1. The molecule has 0 fully saturated rings. The number of methoxy groups -OCH3 is 2. The highest BCUT2D eigenvalue weighted by molar-refractivity contribution is 6.42. The van der Waals surface area contributed by atoms with Crippen LogP contribution in [0.5, 0.6) is 0 Å². The van der Waals surface area contributed by atoms with Crippen molar-refractivity contribution in [2.75, 3.05) is 14.2 Å². The topological polar surface area (TPSA) is 38.7 Å². The molecule has 0 aliphatic heterocycles. The summed E-state index contributed by atoms with van der Waals surface area (Å²) >= 11 is 11.7. The molecule has 5 heteroatoms. The summed E-state index contributed by atoms with van der Waals surface area (Å²) in [5.41, 5.74) is 1.31. The standard InChI is InChI=1S/C10H12Cl2O3/c1-14-10(15-2)7-4-9(12)8(11)3-6(7)5-13/h3-4,10,13H,5H2,1-2H3. The van der Waals surface area contributed by atoms with Crippen molar-refractivity contribution in [2.24, 2.45) is 0 Å². The lowest BCUT2D eigenvalue weighted by molar-refractivity contribution is -0.106. The van der Waals surface area contributed by atoms with E-state index in [-0.39, 0.29) is 6.61 Å². The SMILES string of the molecule is COC(OC)c1cc(Cl)c(Cl)cc1CO. The Balaban J connectivity index is 3.20. The summed E-state index contributed by atoms with van der Waals surface area (Å²) in [7, 11) is 3.02. The normalized spacial score (nSPS) is 11.1. The summed E-state index contributed by atoms with van der Waals surface area (Å²) in [5, 5.41) is 9.96. The Morgan fingerprint density at radius 3 is 2.20 bits per heavy atom. The van der Waals surface area contributed by atoms with Crippen LogP contribution in [0.1, 0.15) is 17.4 Å². The zero-order chi connectivity index (χ0) is 11.4. The zero-order valence-corrected chi connectivity index (χ0v) is 9.97. The fourth-order valence-electron chi connectivity index (χ4n) is 1.31. The number of rotatable bonds is 4. The molecule has 0 saturated carbocycles. The van der Waals surface area contributed by atoms with Gasteiger partial charge in [-0.15, -0.1) is 0 Å². The highest BCUT2D eigenvalue weighted by Gasteiger charge is 2.15. The maximum Gasteiger partial charge on any atom is 0.183 e. The number of aliphatic hydroxyl groups excluding tert-OH is 1. The summed E-state index contributed by atoms with van der Waals surface area (Å²) in [6, 6.07) is 3.23. The lowest BCUT2D eigenvalue weighted by Gasteiger charge is -2.17. The van der Waals surface area contributed by atoms with E-state index in [2.05, 4.69) is 0 Å². The van der Waals surface area contributed by atoms with E-state index in [1.807, 2.05) is 0 Å². The fraction of sp³-hybridized carbons (Fsp3) is 0.400. The monoisotopic (exact) mass is 250 g/mol. The van der Waals surface area contributed by atoms with Crippen LogP contribution < -0.4 is 0 Å². The molecule has 84 valence electrons. The predicted octanol–water partition coefficient (Wildman–Crippen LogP) is 2.78. The van der Waals surface area contributed by atoms with Crippen molar-refractivity contribution in [2.45, 2.75) is 12.9 Å². The number of halogens is 2. The molecule has 0 atom stereocenters. The summed E-state index contributed by atoms with van der Waals surface area (Å²) in [6.45, 7) is -0.143. The molecule has 0 aliphatic carbocycles. The third-order valence-corrected chi connectivity index (χ3v) is 2.76. The van der Waals surface area contributed by atoms with Gasteiger partial charge in [-0.3, -0.25) is 0 Å². The number of aliphatic hydroxyl groups is 1. The molecule has 1 aromatic rings. The Morgan fingerprint density at radius 2 is 1.73 bits per heavy atom. The summed E-state index contributed by atoms with van der Waals surface area (Å²) < 4.78 is 10.2. The van der Waals surface area contributed by atoms with E-state index in [9.17, 15) is 0 Å². The van der Waals surface area contributed by atoms with E-state index in [4.69, 9.17) is 37.8 Å². The molecule has 1 rings (SSSR count). The van der Waals surface area contributed by atoms with Crippen LogP contribution in [0.25, 0.3) is 0 Å². The van der Waals surface area contributed by atoms with Gasteiger partial charge in [0, 0.05) is 19.8 Å². The molecule has 0 spiro atoms. The summed E-state index contributed by atoms with van der Waals surface area (Å²) in [6.07, 6.45) is -0.554. The van der Waals surface area contributed by atoms with Gasteiger partial charge in [-0.25, -0.2) is 0 Å². The average molecular weight is 251 g/mol. The molecule has 3 nitrogen and oxygen atoms in total. The molecule has 1 N–H and O–H groups in total. The second-order valence-electron chi connectivity index (χ2n) is 2.93. The quantitative estimate of drug-likeness (QED) is 0.836. The average Bonchev–Trinajstić information content (AvgIpc) is 2.24. The van der Waals surface area contributed by atoms with E-state index in [1.165, 1.54) is 14.2 Å². The fourth-order valence-corrected chi connectivity index (χ4v) is 1.67. The molecule has 0 heterocycles. The van der Waals surface area contributed by atoms with Crippen LogP contribution >= 0.6 is 23.2 Å². The van der Waals surface area contributed by atoms with Gasteiger partial charge in [0.1, 0.15) is 0 Å². The third-order valence-electron chi connectivity index (χ3n) is 2.03. The van der Waals surface area contributed by atoms with Crippen LogP contribution in [0.2, 0.25) is 10.0 Å². The molecule has 0 unspecified atom stereocenters. The van der Waals surface area contributed by atoms with Gasteiger partial charge in [0.2, 0.25) is 0 Å². The first kappa shape index (κ1) is 12.7. The van der Waals surface area contributed by atoms with E-state index in [0.29, 0.717) is 21.2 Å². The molecule has 0 aromatic heterocycles. The van der Waals surface area contributed by atoms with E-state index < -0.39 is 6.29 Å². The molecule has 0 amide bonds. The maximum atomic E-state index is 9.16. The minimum absolute atomic E-state index is 0.143. The lowest BCUT2D eigenvalue weighted by atomic mass is 10.1. The molecule has 0 aliphatic rings. The van der Waals surface area contributed by atoms with Gasteiger partial charge in [0.15, 0.2) is 6.29 Å². The van der Waals surface area contributed by atoms with Crippen molar-refractivity contribution < 1.29 is 14.6 Å². The zero-order valence-electron chi connectivity index (χ0n) is 8.46. The van der Waals surface area contributed by atoms with E-state index in [0.717, 1.165) is 0 Å². The minimum atomic E-state index is -0.554. The second kappa shape index (κ2) is 5.68. The Kier molecular flexibility index (Phi) is 4.83. The molecule has 1 aromatic carbocycles. The van der Waals surface area contributed by atoms with Gasteiger partial charge in [0.05, 0.1) is 16.7 Å². The Bertz CT molecular complexity index is 338. The number of ether oxygens (including phenoxy) is 2. The van der Waals surface area contributed by atoms with Gasteiger partial charge >= 0.3 is 0 Å². The summed E-state index contributed by atoms with van der Waals surface area (Å²) in [4.78, 5) is 0. The minimum Gasteiger partial charge on any atom is -0.392 e. The van der Waals surface area contributed by atoms with Crippen LogP contribution in [0.4, 0.5) is 0 Å². The number of hydrogen-bond acceptors (Lipinski definition) is 3. The van der Waals surface area contributed by atoms with Crippen molar-refractivity contribution in [3.05, 3.63) is 33.3 Å². The van der Waals surface area contributed by atoms with Gasteiger partial charge in [-0.05, 0) is 17.7 Å². The largest absolute Gasteiger partial charge is 0.392 e. The van der Waals surface area contributed by atoms with Gasteiger partial charge in [-0.1, -0.05) is 23.2 Å². The van der Waals surface area contributed by atoms with Gasteiger partial charge in [-0.2, -0.15) is 0 Å². The van der Waals surface area contributed by atoms with Crippen LogP contribution in [0, 0.1) is 0 Å². The second-order valence-corrected chi connectivity index (χ2v) is 3.74. The Labute approximate surface area is 98.5 Å². The van der Waals surface area contributed by atoms with Crippen molar-refractivity contribution in [3.8, 4) is 0 Å². The highest BCUT2D eigenvalue weighted by atomic mass is 35.5. The lowest BCUT2D eigenvalue weighted by Crippen LogP contribution is -2.07. The predicted molar refractivity (Wildman–Crippen MR) is 59.1 cm³/mol. The summed E-state index contributed by atoms with van der Waals surface area (Å²) in [5.74, 6) is 0. The van der Waals surface area contributed by atoms with Crippen LogP contribution in [0.15, 0.2) is 12.1 Å². The highest BCUT2D eigenvalue weighted by Crippen LogP contribution is 2.30. The van der Waals surface area contributed by atoms with Crippen molar-refractivity contribution >= 4 is 23.2 Å². The Hall–Kier alpha value is -0.320. The van der Waals surface area contributed by atoms with Crippen molar-refractivity contribution in [1.29, 1.82) is 0 Å². The molecular weight excluding hydrogens is 239 g/mol. The van der Waals surface area contributed by atoms with Crippen LogP contribution in [-0.4, -0.2) is 19.3 Å². The maximum absolute atomic E-state index is 9.16. The first-order valence-corrected chi connectivity index (χ1v) is 5.03. The molecule has 0 saturated heterocycles. The van der Waals surface area contributed by atoms with Gasteiger partial charge < -0.3 is 14.6 Å². The molecule has 0 radical (unpaired) electrons. The van der Waals surface area contributed by atoms with Crippen molar-refractivity contribution in [1.82, 2.24) is 0 Å². The molecule has 0 bridgehead atoms. The van der Waals surface area contributed by atoms with Crippen LogP contribution in [0.3, 0.4) is 0 Å². The molecular formula is C10H12Cl2O3. The van der Waals surface area contributed by atoms with Gasteiger partial charge in [0.25, 0.3) is 0 Å². The van der Waals surface area contributed by atoms with E-state index in [1.54, 1.807) is 12.1 Å². The van der Waals surface area contributed by atoms with Crippen LogP contribution in [-0.2, 0) is 16.1 Å². The first-order chi connectivity index (χ1) is 7.13. The van der Waals surface area contributed by atoms with E-state index >= 15 is 0 Å². The Morgan fingerprint density at radius 1 is 1.20 bits per heavy atom. The smallest absolute Gasteiger partial charge is 0.183 e. The van der Waals surface area contributed by atoms with Crippen molar-refractivity contribution in [3.63, 3.8) is 0 Å². The third kappa shape index (κ3) is 2.83. The first-order valence-electron chi connectivity index (χ1n) is 4.28. The number of benzene rings is 1.